The van der Waals surface area contributed by atoms with Crippen LogP contribution in [0, 0.1) is 0 Å². The predicted octanol–water partition coefficient (Wildman–Crippen LogP) is 3.32. The highest BCUT2D eigenvalue weighted by molar-refractivity contribution is 5.91. The summed E-state index contributed by atoms with van der Waals surface area (Å²) in [5.74, 6) is -1.89. The number of benzene rings is 1. The molecule has 0 amide bonds. The molecule has 0 unspecified atom stereocenters. The van der Waals surface area contributed by atoms with Gasteiger partial charge in [0.25, 0.3) is 0 Å². The monoisotopic (exact) mass is 273 g/mol. The summed E-state index contributed by atoms with van der Waals surface area (Å²) in [7, 11) is 0. The van der Waals surface area contributed by atoms with Crippen molar-refractivity contribution in [1.29, 1.82) is 0 Å². The molecule has 0 aromatic heterocycles. The van der Waals surface area contributed by atoms with E-state index in [9.17, 15) is 18.0 Å². The van der Waals surface area contributed by atoms with Crippen LogP contribution in [0.25, 0.3) is 16.5 Å². The van der Waals surface area contributed by atoms with E-state index in [-0.39, 0.29) is 5.56 Å². The summed E-state index contributed by atoms with van der Waals surface area (Å²) in [5, 5.41) is 11.6. The van der Waals surface area contributed by atoms with Gasteiger partial charge in [0.2, 0.25) is 0 Å². The lowest BCUT2D eigenvalue weighted by molar-refractivity contribution is -0.274. The average Bonchev–Trinajstić information content (AvgIpc) is 2.29. The van der Waals surface area contributed by atoms with Crippen molar-refractivity contribution in [1.82, 2.24) is 0 Å². The van der Waals surface area contributed by atoms with Gasteiger partial charge in [0, 0.05) is 4.91 Å². The predicted molar refractivity (Wildman–Crippen MR) is 57.9 cm³/mol. The third-order valence-electron chi connectivity index (χ3n) is 1.79. The van der Waals surface area contributed by atoms with Gasteiger partial charge >= 0.3 is 12.3 Å². The number of halogens is 3. The zero-order valence-electron chi connectivity index (χ0n) is 9.13. The molecule has 1 rings (SSSR count). The molecule has 100 valence electrons. The second-order valence-electron chi connectivity index (χ2n) is 3.14. The number of ether oxygens (including phenoxy) is 1. The maximum Gasteiger partial charge on any atom is 0.573 e. The van der Waals surface area contributed by atoms with Crippen LogP contribution in [0.2, 0.25) is 0 Å². The standard InChI is InChI=1S/C10H6F3N3O3/c11-10(12,13)19-7-3-1-6(2-4-7)5-8(9(17)18)15-16-14/h1-5H,(H,17,18)/b8-5-. The van der Waals surface area contributed by atoms with E-state index in [0.717, 1.165) is 18.2 Å². The summed E-state index contributed by atoms with van der Waals surface area (Å²) in [6, 6.07) is 4.40. The highest BCUT2D eigenvalue weighted by Gasteiger charge is 2.30. The molecule has 0 spiro atoms. The highest BCUT2D eigenvalue weighted by atomic mass is 19.4. The Hall–Kier alpha value is -2.67. The summed E-state index contributed by atoms with van der Waals surface area (Å²) in [6.07, 6.45) is -3.78. The molecule has 0 saturated carbocycles. The number of nitrogens with zero attached hydrogens (tertiary/aromatic N) is 3. The third-order valence-corrected chi connectivity index (χ3v) is 1.79. The van der Waals surface area contributed by atoms with Crippen LogP contribution in [-0.2, 0) is 4.79 Å². The van der Waals surface area contributed by atoms with E-state index in [2.05, 4.69) is 14.8 Å². The van der Waals surface area contributed by atoms with Crippen LogP contribution in [0.3, 0.4) is 0 Å². The molecule has 0 saturated heterocycles. The van der Waals surface area contributed by atoms with Gasteiger partial charge in [0.1, 0.15) is 11.4 Å². The lowest BCUT2D eigenvalue weighted by atomic mass is 10.2. The smallest absolute Gasteiger partial charge is 0.478 e. The third kappa shape index (κ3) is 5.00. The first-order chi connectivity index (χ1) is 8.81. The van der Waals surface area contributed by atoms with Gasteiger partial charge < -0.3 is 9.84 Å². The molecule has 1 aromatic rings. The average molecular weight is 273 g/mol. The maximum atomic E-state index is 11.9. The summed E-state index contributed by atoms with van der Waals surface area (Å²) in [5.41, 5.74) is 7.82. The molecule has 0 aliphatic heterocycles. The number of rotatable bonds is 4. The molecule has 9 heteroatoms. The molecule has 19 heavy (non-hydrogen) atoms. The van der Waals surface area contributed by atoms with Gasteiger partial charge in [0.05, 0.1) is 0 Å². The summed E-state index contributed by atoms with van der Waals surface area (Å²) in [4.78, 5) is 13.0. The fourth-order valence-electron chi connectivity index (χ4n) is 1.11. The Labute approximate surface area is 104 Å². The summed E-state index contributed by atoms with van der Waals surface area (Å²) in [6.45, 7) is 0. The first-order valence-corrected chi connectivity index (χ1v) is 4.68. The lowest BCUT2D eigenvalue weighted by Gasteiger charge is -2.08. The van der Waals surface area contributed by atoms with Crippen molar-refractivity contribution in [2.24, 2.45) is 5.11 Å². The molecular weight excluding hydrogens is 267 g/mol. The second-order valence-corrected chi connectivity index (χ2v) is 3.14. The molecule has 0 radical (unpaired) electrons. The van der Waals surface area contributed by atoms with E-state index in [1.54, 1.807) is 0 Å². The van der Waals surface area contributed by atoms with E-state index in [1.807, 2.05) is 0 Å². The fraction of sp³-hybridized carbons (Fsp3) is 0.100. The van der Waals surface area contributed by atoms with Gasteiger partial charge in [-0.2, -0.15) is 0 Å². The van der Waals surface area contributed by atoms with E-state index in [0.29, 0.717) is 0 Å². The quantitative estimate of drug-likeness (QED) is 0.394. The van der Waals surface area contributed by atoms with Crippen LogP contribution in [-0.4, -0.2) is 17.4 Å². The number of carbonyl (C=O) groups is 1. The minimum Gasteiger partial charge on any atom is -0.478 e. The minimum atomic E-state index is -4.80. The van der Waals surface area contributed by atoms with Gasteiger partial charge in [-0.05, 0) is 29.3 Å². The maximum absolute atomic E-state index is 11.9. The van der Waals surface area contributed by atoms with Crippen LogP contribution in [0.4, 0.5) is 13.2 Å². The van der Waals surface area contributed by atoms with Crippen molar-refractivity contribution in [3.63, 3.8) is 0 Å². The van der Waals surface area contributed by atoms with Crippen molar-refractivity contribution >= 4 is 12.0 Å². The second kappa shape index (κ2) is 5.78. The summed E-state index contributed by atoms with van der Waals surface area (Å²) < 4.78 is 39.3. The van der Waals surface area contributed by atoms with Gasteiger partial charge in [-0.25, -0.2) is 4.79 Å². The SMILES string of the molecule is [N-]=[N+]=N/C(=C\c1ccc(OC(F)(F)F)cc1)C(=O)O. The first-order valence-electron chi connectivity index (χ1n) is 4.68. The Bertz CT molecular complexity index is 541. The van der Waals surface area contributed by atoms with Crippen molar-refractivity contribution in [2.45, 2.75) is 6.36 Å². The largest absolute Gasteiger partial charge is 0.573 e. The Kier molecular flexibility index (Phi) is 4.38. The van der Waals surface area contributed by atoms with E-state index >= 15 is 0 Å². The van der Waals surface area contributed by atoms with E-state index in [1.165, 1.54) is 12.1 Å². The first kappa shape index (κ1) is 14.4. The normalized spacial score (nSPS) is 11.6. The number of carboxylic acid groups (broad SMARTS) is 1. The number of hydrogen-bond donors (Lipinski definition) is 1. The van der Waals surface area contributed by atoms with E-state index in [4.69, 9.17) is 10.6 Å². The minimum absolute atomic E-state index is 0.249. The lowest BCUT2D eigenvalue weighted by Crippen LogP contribution is -2.16. The Balaban J connectivity index is 2.95. The molecule has 6 nitrogen and oxygen atoms in total. The fourth-order valence-corrected chi connectivity index (χ4v) is 1.11. The van der Waals surface area contributed by atoms with Crippen molar-refractivity contribution < 1.29 is 27.8 Å². The Morgan fingerprint density at radius 3 is 2.37 bits per heavy atom. The topological polar surface area (TPSA) is 95.3 Å². The van der Waals surface area contributed by atoms with Crippen LogP contribution in [0.1, 0.15) is 5.56 Å². The number of carboxylic acids is 1. The van der Waals surface area contributed by atoms with Crippen molar-refractivity contribution in [3.8, 4) is 5.75 Å². The molecule has 0 aliphatic rings. The zero-order valence-corrected chi connectivity index (χ0v) is 9.13. The number of aliphatic carboxylic acids is 1. The number of azide groups is 1. The van der Waals surface area contributed by atoms with Crippen LogP contribution in [0.5, 0.6) is 5.75 Å². The molecule has 0 atom stereocenters. The van der Waals surface area contributed by atoms with Gasteiger partial charge in [-0.1, -0.05) is 17.2 Å². The molecule has 0 fully saturated rings. The van der Waals surface area contributed by atoms with Crippen molar-refractivity contribution in [2.75, 3.05) is 0 Å². The van der Waals surface area contributed by atoms with Gasteiger partial charge in [-0.3, -0.25) is 0 Å². The molecule has 1 aromatic carbocycles. The Morgan fingerprint density at radius 1 is 1.37 bits per heavy atom. The van der Waals surface area contributed by atoms with Gasteiger partial charge in [-0.15, -0.1) is 13.2 Å². The van der Waals surface area contributed by atoms with Gasteiger partial charge in [0.15, 0.2) is 0 Å². The van der Waals surface area contributed by atoms with Crippen LogP contribution >= 0.6 is 0 Å². The molecule has 0 bridgehead atoms. The molecular formula is C10H6F3N3O3. The molecule has 0 aliphatic carbocycles. The molecule has 0 heterocycles. The Morgan fingerprint density at radius 2 is 1.95 bits per heavy atom. The van der Waals surface area contributed by atoms with E-state index < -0.39 is 23.8 Å². The van der Waals surface area contributed by atoms with Crippen LogP contribution in [0.15, 0.2) is 35.1 Å². The number of hydrogen-bond acceptors (Lipinski definition) is 3. The summed E-state index contributed by atoms with van der Waals surface area (Å²) >= 11 is 0. The molecule has 1 N–H and O–H groups in total. The van der Waals surface area contributed by atoms with Crippen molar-refractivity contribution in [3.05, 3.63) is 46.0 Å². The highest BCUT2D eigenvalue weighted by Crippen LogP contribution is 2.23. The zero-order chi connectivity index (χ0) is 14.5. The van der Waals surface area contributed by atoms with Crippen LogP contribution < -0.4 is 4.74 Å². The number of alkyl halides is 3.